The number of nitrogens with two attached hydrogens (primary N) is 1. The largest absolute Gasteiger partial charge is 0.449 e. The highest BCUT2D eigenvalue weighted by Gasteiger charge is 2.33. The van der Waals surface area contributed by atoms with Gasteiger partial charge in [0.25, 0.3) is 5.91 Å². The van der Waals surface area contributed by atoms with E-state index < -0.39 is 29.8 Å². The molecule has 0 saturated heterocycles. The summed E-state index contributed by atoms with van der Waals surface area (Å²) in [4.78, 5) is 61.0. The fourth-order valence-corrected chi connectivity index (χ4v) is 2.94. The minimum absolute atomic E-state index is 0.0781. The van der Waals surface area contributed by atoms with Gasteiger partial charge in [0.15, 0.2) is 17.7 Å². The topological polar surface area (TPSA) is 145 Å². The number of carbonyl (C=O) groups excluding carboxylic acids is 5. The third-order valence-corrected chi connectivity index (χ3v) is 4.47. The van der Waals surface area contributed by atoms with Gasteiger partial charge in [0.1, 0.15) is 0 Å². The average molecular weight is 395 g/mol. The number of nitrogen functional groups attached to an aromatic ring is 1. The van der Waals surface area contributed by atoms with Crippen molar-refractivity contribution in [2.24, 2.45) is 0 Å². The van der Waals surface area contributed by atoms with Crippen molar-refractivity contribution in [1.29, 1.82) is 0 Å². The summed E-state index contributed by atoms with van der Waals surface area (Å²) in [6, 6.07) is 8.16. The zero-order valence-corrected chi connectivity index (χ0v) is 15.6. The third-order valence-electron chi connectivity index (χ3n) is 4.47. The SMILES string of the molecule is CNC(=O)NC(=O)[C@H](C)OC(=O)c1ccc2c(c1N)C(=O)c1ccccc1C2=O. The van der Waals surface area contributed by atoms with Gasteiger partial charge < -0.3 is 15.8 Å². The quantitative estimate of drug-likeness (QED) is 0.444. The van der Waals surface area contributed by atoms with E-state index in [1.165, 1.54) is 32.2 Å². The fourth-order valence-electron chi connectivity index (χ4n) is 2.94. The summed E-state index contributed by atoms with van der Waals surface area (Å²) < 4.78 is 5.04. The number of amides is 3. The Balaban J connectivity index is 1.90. The number of ether oxygens (including phenoxy) is 1. The Morgan fingerprint density at radius 2 is 1.59 bits per heavy atom. The second-order valence-electron chi connectivity index (χ2n) is 6.27. The number of urea groups is 1. The molecule has 9 heteroatoms. The Bertz CT molecular complexity index is 1080. The number of benzene rings is 2. The Morgan fingerprint density at radius 1 is 0.966 bits per heavy atom. The zero-order valence-electron chi connectivity index (χ0n) is 15.6. The molecular formula is C20H17N3O6. The Hall–Kier alpha value is -4.01. The molecule has 29 heavy (non-hydrogen) atoms. The van der Waals surface area contributed by atoms with Crippen LogP contribution < -0.4 is 16.4 Å². The second-order valence-corrected chi connectivity index (χ2v) is 6.27. The zero-order chi connectivity index (χ0) is 21.3. The van der Waals surface area contributed by atoms with Crippen LogP contribution >= 0.6 is 0 Å². The number of hydrogen-bond donors (Lipinski definition) is 3. The van der Waals surface area contributed by atoms with Crippen molar-refractivity contribution in [2.75, 3.05) is 12.8 Å². The molecule has 0 aliphatic heterocycles. The van der Waals surface area contributed by atoms with Crippen molar-refractivity contribution in [3.05, 3.63) is 64.2 Å². The van der Waals surface area contributed by atoms with Crippen molar-refractivity contribution in [3.8, 4) is 0 Å². The first kappa shape index (κ1) is 19.7. The lowest BCUT2D eigenvalue weighted by Gasteiger charge is -2.20. The summed E-state index contributed by atoms with van der Waals surface area (Å²) in [6.07, 6.45) is -1.30. The van der Waals surface area contributed by atoms with Gasteiger partial charge in [-0.2, -0.15) is 0 Å². The molecule has 0 bridgehead atoms. The molecule has 1 aliphatic rings. The molecule has 0 unspecified atom stereocenters. The van der Waals surface area contributed by atoms with Crippen LogP contribution in [-0.2, 0) is 9.53 Å². The number of ketones is 2. The number of carbonyl (C=O) groups is 5. The molecule has 148 valence electrons. The van der Waals surface area contributed by atoms with E-state index in [4.69, 9.17) is 10.5 Å². The van der Waals surface area contributed by atoms with E-state index in [9.17, 15) is 24.0 Å². The van der Waals surface area contributed by atoms with Gasteiger partial charge in [-0.05, 0) is 19.1 Å². The van der Waals surface area contributed by atoms with E-state index in [0.717, 1.165) is 0 Å². The molecule has 2 aromatic rings. The molecule has 4 N–H and O–H groups in total. The highest BCUT2D eigenvalue weighted by atomic mass is 16.5. The Kier molecular flexibility index (Phi) is 5.14. The van der Waals surface area contributed by atoms with Crippen LogP contribution in [0.3, 0.4) is 0 Å². The van der Waals surface area contributed by atoms with Gasteiger partial charge in [-0.3, -0.25) is 19.7 Å². The number of fused-ring (bicyclic) bond motifs is 2. The number of esters is 1. The first-order chi connectivity index (χ1) is 13.8. The van der Waals surface area contributed by atoms with Crippen molar-refractivity contribution in [3.63, 3.8) is 0 Å². The van der Waals surface area contributed by atoms with Gasteiger partial charge in [-0.25, -0.2) is 9.59 Å². The molecule has 1 atom stereocenters. The second kappa shape index (κ2) is 7.55. The van der Waals surface area contributed by atoms with Crippen LogP contribution in [-0.4, -0.2) is 42.6 Å². The number of hydrogen-bond acceptors (Lipinski definition) is 7. The number of rotatable bonds is 3. The summed E-state index contributed by atoms with van der Waals surface area (Å²) in [6.45, 7) is 1.27. The molecule has 9 nitrogen and oxygen atoms in total. The smallest absolute Gasteiger partial charge is 0.341 e. The lowest BCUT2D eigenvalue weighted by Crippen LogP contribution is -2.43. The highest BCUT2D eigenvalue weighted by molar-refractivity contribution is 6.30. The first-order valence-electron chi connectivity index (χ1n) is 8.60. The summed E-state index contributed by atoms with van der Waals surface area (Å²) in [7, 11) is 1.32. The third kappa shape index (κ3) is 3.45. The summed E-state index contributed by atoms with van der Waals surface area (Å²) >= 11 is 0. The van der Waals surface area contributed by atoms with Crippen molar-refractivity contribution in [1.82, 2.24) is 10.6 Å². The molecule has 0 aromatic heterocycles. The average Bonchev–Trinajstić information content (AvgIpc) is 2.71. The van der Waals surface area contributed by atoms with E-state index in [2.05, 4.69) is 5.32 Å². The van der Waals surface area contributed by atoms with Gasteiger partial charge in [-0.1, -0.05) is 24.3 Å². The van der Waals surface area contributed by atoms with Crippen LogP contribution in [0.25, 0.3) is 0 Å². The fraction of sp³-hybridized carbons (Fsp3) is 0.150. The van der Waals surface area contributed by atoms with E-state index in [1.54, 1.807) is 18.2 Å². The first-order valence-corrected chi connectivity index (χ1v) is 8.60. The van der Waals surface area contributed by atoms with Crippen LogP contribution in [0.15, 0.2) is 36.4 Å². The minimum Gasteiger partial charge on any atom is -0.449 e. The monoisotopic (exact) mass is 395 g/mol. The Labute approximate surface area is 165 Å². The van der Waals surface area contributed by atoms with Gasteiger partial charge in [0.2, 0.25) is 0 Å². The van der Waals surface area contributed by atoms with Crippen molar-refractivity contribution in [2.45, 2.75) is 13.0 Å². The predicted octanol–water partition coefficient (Wildman–Crippen LogP) is 1.05. The number of anilines is 1. The molecule has 0 saturated carbocycles. The summed E-state index contributed by atoms with van der Waals surface area (Å²) in [5.74, 6) is -2.66. The van der Waals surface area contributed by atoms with Crippen molar-refractivity contribution < 1.29 is 28.7 Å². The van der Waals surface area contributed by atoms with Crippen LogP contribution in [0.5, 0.6) is 0 Å². The standard InChI is InChI=1S/C20H17N3O6/c1-9(18(26)23-20(28)22-2)29-19(27)13-8-7-12-14(15(13)21)17(25)11-6-4-3-5-10(11)16(12)24/h3-9H,21H2,1-2H3,(H2,22,23,26,28)/t9-/m0/s1. The molecule has 0 fully saturated rings. The summed E-state index contributed by atoms with van der Waals surface area (Å²) in [5.41, 5.74) is 6.13. The van der Waals surface area contributed by atoms with E-state index in [1.807, 2.05) is 5.32 Å². The minimum atomic E-state index is -1.30. The molecule has 1 aliphatic carbocycles. The van der Waals surface area contributed by atoms with Crippen molar-refractivity contribution >= 4 is 35.2 Å². The molecule has 3 rings (SSSR count). The van der Waals surface area contributed by atoms with Gasteiger partial charge in [0.05, 0.1) is 16.8 Å². The highest BCUT2D eigenvalue weighted by Crippen LogP contribution is 2.32. The van der Waals surface area contributed by atoms with Gasteiger partial charge in [0, 0.05) is 23.7 Å². The predicted molar refractivity (Wildman–Crippen MR) is 102 cm³/mol. The Morgan fingerprint density at radius 3 is 2.21 bits per heavy atom. The van der Waals surface area contributed by atoms with Crippen LogP contribution in [0.2, 0.25) is 0 Å². The van der Waals surface area contributed by atoms with E-state index in [-0.39, 0.29) is 39.3 Å². The van der Waals surface area contributed by atoms with Gasteiger partial charge >= 0.3 is 12.0 Å². The van der Waals surface area contributed by atoms with E-state index >= 15 is 0 Å². The molecule has 0 heterocycles. The van der Waals surface area contributed by atoms with Crippen LogP contribution in [0, 0.1) is 0 Å². The molecule has 0 spiro atoms. The van der Waals surface area contributed by atoms with E-state index in [0.29, 0.717) is 0 Å². The van der Waals surface area contributed by atoms with Crippen LogP contribution in [0.4, 0.5) is 10.5 Å². The number of nitrogens with one attached hydrogen (secondary N) is 2. The molecule has 0 radical (unpaired) electrons. The lowest BCUT2D eigenvalue weighted by molar-refractivity contribution is -0.127. The molecule has 2 aromatic carbocycles. The van der Waals surface area contributed by atoms with Gasteiger partial charge in [-0.15, -0.1) is 0 Å². The maximum atomic E-state index is 12.8. The summed E-state index contributed by atoms with van der Waals surface area (Å²) in [5, 5.41) is 4.17. The molecule has 3 amide bonds. The normalized spacial score (nSPS) is 13.0. The lowest BCUT2D eigenvalue weighted by atomic mass is 9.82. The molecular weight excluding hydrogens is 378 g/mol. The maximum absolute atomic E-state index is 12.8. The van der Waals surface area contributed by atoms with Crippen LogP contribution in [0.1, 0.15) is 49.1 Å². The number of imide groups is 1. The maximum Gasteiger partial charge on any atom is 0.341 e.